The van der Waals surface area contributed by atoms with E-state index in [4.69, 9.17) is 0 Å². The molecule has 94 valence electrons. The van der Waals surface area contributed by atoms with Crippen LogP contribution in [0.3, 0.4) is 0 Å². The van der Waals surface area contributed by atoms with Crippen LogP contribution in [0.15, 0.2) is 0 Å². The highest BCUT2D eigenvalue weighted by Crippen LogP contribution is 2.17. The van der Waals surface area contributed by atoms with Crippen molar-refractivity contribution in [1.29, 1.82) is 0 Å². The van der Waals surface area contributed by atoms with Crippen molar-refractivity contribution < 1.29 is 9.59 Å². The predicted octanol–water partition coefficient (Wildman–Crippen LogP) is 3.78. The van der Waals surface area contributed by atoms with Gasteiger partial charge in [0.15, 0.2) is 0 Å². The highest BCUT2D eigenvalue weighted by molar-refractivity contribution is 6.00. The molecule has 0 aromatic rings. The molecule has 0 radical (unpaired) electrons. The van der Waals surface area contributed by atoms with E-state index in [1.165, 1.54) is 0 Å². The number of ketones is 2. The number of hydrogen-bond donors (Lipinski definition) is 0. The predicted molar refractivity (Wildman–Crippen MR) is 67.4 cm³/mol. The van der Waals surface area contributed by atoms with Crippen LogP contribution in [0.2, 0.25) is 0 Å². The molecule has 0 amide bonds. The molecule has 2 atom stereocenters. The van der Waals surface area contributed by atoms with Gasteiger partial charge in [-0.2, -0.15) is 0 Å². The van der Waals surface area contributed by atoms with Crippen molar-refractivity contribution in [3.63, 3.8) is 0 Å². The SMILES string of the molecule is CCCCC(CC)C(=O)CC(=O)C(C)CC. The zero-order chi connectivity index (χ0) is 12.6. The highest BCUT2D eigenvalue weighted by Gasteiger charge is 2.21. The lowest BCUT2D eigenvalue weighted by atomic mass is 9.89. The lowest BCUT2D eigenvalue weighted by Gasteiger charge is -2.14. The molecule has 0 N–H and O–H groups in total. The Hall–Kier alpha value is -0.660. The molecular weight excluding hydrogens is 200 g/mol. The molecule has 0 aromatic heterocycles. The third kappa shape index (κ3) is 5.43. The van der Waals surface area contributed by atoms with Crippen LogP contribution in [-0.4, -0.2) is 11.6 Å². The normalized spacial score (nSPS) is 14.5. The average molecular weight is 226 g/mol. The van der Waals surface area contributed by atoms with Gasteiger partial charge < -0.3 is 0 Å². The number of rotatable bonds is 9. The maximum absolute atomic E-state index is 11.9. The van der Waals surface area contributed by atoms with Crippen molar-refractivity contribution >= 4 is 11.6 Å². The summed E-state index contributed by atoms with van der Waals surface area (Å²) in [5.74, 6) is 0.407. The summed E-state index contributed by atoms with van der Waals surface area (Å²) in [6, 6.07) is 0. The number of Topliss-reactive ketones (excluding diaryl/α,β-unsaturated/α-hetero) is 2. The van der Waals surface area contributed by atoms with Crippen molar-refractivity contribution in [2.45, 2.75) is 66.2 Å². The zero-order valence-electron chi connectivity index (χ0n) is 11.2. The van der Waals surface area contributed by atoms with Gasteiger partial charge in [0.2, 0.25) is 0 Å². The van der Waals surface area contributed by atoms with E-state index in [0.717, 1.165) is 32.1 Å². The van der Waals surface area contributed by atoms with Crippen LogP contribution in [0, 0.1) is 11.8 Å². The van der Waals surface area contributed by atoms with Crippen LogP contribution < -0.4 is 0 Å². The number of hydrogen-bond acceptors (Lipinski definition) is 2. The molecule has 0 aromatic carbocycles. The first-order valence-electron chi connectivity index (χ1n) is 6.62. The third-order valence-corrected chi connectivity index (χ3v) is 3.36. The third-order valence-electron chi connectivity index (χ3n) is 3.36. The molecular formula is C14H26O2. The van der Waals surface area contributed by atoms with Crippen molar-refractivity contribution in [2.75, 3.05) is 0 Å². The fourth-order valence-corrected chi connectivity index (χ4v) is 1.76. The molecule has 0 saturated carbocycles. The molecule has 2 heteroatoms. The van der Waals surface area contributed by atoms with Gasteiger partial charge in [0.1, 0.15) is 11.6 Å². The minimum atomic E-state index is 0.0348. The smallest absolute Gasteiger partial charge is 0.143 e. The Morgan fingerprint density at radius 3 is 2.06 bits per heavy atom. The number of carbonyl (C=O) groups is 2. The van der Waals surface area contributed by atoms with Crippen molar-refractivity contribution in [1.82, 2.24) is 0 Å². The topological polar surface area (TPSA) is 34.1 Å². The summed E-state index contributed by atoms with van der Waals surface area (Å²) >= 11 is 0. The van der Waals surface area contributed by atoms with Crippen LogP contribution in [0.25, 0.3) is 0 Å². The standard InChI is InChI=1S/C14H26O2/c1-5-8-9-12(7-3)14(16)10-13(15)11(4)6-2/h11-12H,5-10H2,1-4H3. The lowest BCUT2D eigenvalue weighted by molar-refractivity contribution is -0.131. The Kier molecular flexibility index (Phi) is 8.14. The average Bonchev–Trinajstić information content (AvgIpc) is 2.28. The minimum absolute atomic E-state index is 0.0348. The molecule has 0 heterocycles. The highest BCUT2D eigenvalue weighted by atomic mass is 16.1. The van der Waals surface area contributed by atoms with Gasteiger partial charge in [0, 0.05) is 11.8 Å². The van der Waals surface area contributed by atoms with Gasteiger partial charge >= 0.3 is 0 Å². The van der Waals surface area contributed by atoms with Gasteiger partial charge in [0.05, 0.1) is 6.42 Å². The maximum atomic E-state index is 11.9. The van der Waals surface area contributed by atoms with E-state index < -0.39 is 0 Å². The van der Waals surface area contributed by atoms with E-state index in [0.29, 0.717) is 0 Å². The van der Waals surface area contributed by atoms with E-state index in [1.807, 2.05) is 20.8 Å². The molecule has 0 aliphatic rings. The van der Waals surface area contributed by atoms with E-state index in [-0.39, 0.29) is 29.8 Å². The molecule has 2 unspecified atom stereocenters. The number of carbonyl (C=O) groups excluding carboxylic acids is 2. The lowest BCUT2D eigenvalue weighted by Crippen LogP contribution is -2.21. The minimum Gasteiger partial charge on any atom is -0.299 e. The first-order valence-corrected chi connectivity index (χ1v) is 6.62. The van der Waals surface area contributed by atoms with Gasteiger partial charge in [-0.1, -0.05) is 40.5 Å². The molecule has 0 aliphatic carbocycles. The Morgan fingerprint density at radius 1 is 1.00 bits per heavy atom. The summed E-state index contributed by atoms with van der Waals surface area (Å²) in [7, 11) is 0. The van der Waals surface area contributed by atoms with E-state index in [1.54, 1.807) is 0 Å². The van der Waals surface area contributed by atoms with Crippen LogP contribution in [0.1, 0.15) is 66.2 Å². The largest absolute Gasteiger partial charge is 0.299 e. The molecule has 0 saturated heterocycles. The van der Waals surface area contributed by atoms with Crippen molar-refractivity contribution in [3.05, 3.63) is 0 Å². The number of unbranched alkanes of at least 4 members (excludes halogenated alkanes) is 1. The molecule has 0 aliphatic heterocycles. The molecule has 0 rings (SSSR count). The fraction of sp³-hybridized carbons (Fsp3) is 0.857. The van der Waals surface area contributed by atoms with Crippen LogP contribution in [0.4, 0.5) is 0 Å². The van der Waals surface area contributed by atoms with Crippen LogP contribution in [0.5, 0.6) is 0 Å². The van der Waals surface area contributed by atoms with E-state index in [9.17, 15) is 9.59 Å². The summed E-state index contributed by atoms with van der Waals surface area (Å²) in [6.07, 6.45) is 4.99. The van der Waals surface area contributed by atoms with Gasteiger partial charge in [-0.15, -0.1) is 0 Å². The first-order chi connectivity index (χ1) is 7.56. The molecule has 2 nitrogen and oxygen atoms in total. The maximum Gasteiger partial charge on any atom is 0.143 e. The van der Waals surface area contributed by atoms with Crippen LogP contribution in [-0.2, 0) is 9.59 Å². The summed E-state index contributed by atoms with van der Waals surface area (Å²) in [5, 5.41) is 0. The Morgan fingerprint density at radius 2 is 1.62 bits per heavy atom. The second-order valence-corrected chi connectivity index (χ2v) is 4.67. The second-order valence-electron chi connectivity index (χ2n) is 4.67. The monoisotopic (exact) mass is 226 g/mol. The van der Waals surface area contributed by atoms with E-state index >= 15 is 0 Å². The van der Waals surface area contributed by atoms with Crippen LogP contribution >= 0.6 is 0 Å². The zero-order valence-corrected chi connectivity index (χ0v) is 11.2. The molecule has 0 bridgehead atoms. The summed E-state index contributed by atoms with van der Waals surface area (Å²) in [6.45, 7) is 8.05. The van der Waals surface area contributed by atoms with E-state index in [2.05, 4.69) is 6.92 Å². The van der Waals surface area contributed by atoms with Gasteiger partial charge in [0.25, 0.3) is 0 Å². The Balaban J connectivity index is 4.15. The quantitative estimate of drug-likeness (QED) is 0.561. The van der Waals surface area contributed by atoms with Crippen molar-refractivity contribution in [2.24, 2.45) is 11.8 Å². The molecule has 0 fully saturated rings. The molecule has 16 heavy (non-hydrogen) atoms. The first kappa shape index (κ1) is 15.3. The Bertz CT molecular complexity index is 221. The van der Waals surface area contributed by atoms with Gasteiger partial charge in [-0.25, -0.2) is 0 Å². The fourth-order valence-electron chi connectivity index (χ4n) is 1.76. The Labute approximate surface area is 99.8 Å². The second kappa shape index (κ2) is 8.49. The van der Waals surface area contributed by atoms with Gasteiger partial charge in [-0.05, 0) is 19.3 Å². The summed E-state index contributed by atoms with van der Waals surface area (Å²) in [4.78, 5) is 23.5. The summed E-state index contributed by atoms with van der Waals surface area (Å²) in [5.41, 5.74) is 0. The van der Waals surface area contributed by atoms with Gasteiger partial charge in [-0.3, -0.25) is 9.59 Å². The van der Waals surface area contributed by atoms with Crippen molar-refractivity contribution in [3.8, 4) is 0 Å². The summed E-state index contributed by atoms with van der Waals surface area (Å²) < 4.78 is 0. The molecule has 0 spiro atoms.